The SMILES string of the molecule is Cc1c(C(=O)Nc2ccc(N3CCC(C(N)=O)CC3)cc2)nnn1-c1cccc2cnccc12. The van der Waals surface area contributed by atoms with Gasteiger partial charge in [-0.3, -0.25) is 14.6 Å². The van der Waals surface area contributed by atoms with Crippen LogP contribution in [0, 0.1) is 12.8 Å². The van der Waals surface area contributed by atoms with Crippen LogP contribution in [0.3, 0.4) is 0 Å². The van der Waals surface area contributed by atoms with Gasteiger partial charge in [-0.2, -0.15) is 0 Å². The fraction of sp³-hybridized carbons (Fsp3) is 0.240. The third-order valence-corrected chi connectivity index (χ3v) is 6.38. The fourth-order valence-electron chi connectivity index (χ4n) is 4.43. The molecule has 0 saturated carbocycles. The number of nitrogens with one attached hydrogen (secondary N) is 1. The molecule has 3 heterocycles. The molecule has 1 aliphatic rings. The standard InChI is InChI=1S/C25H25N7O2/c1-16-23(29-30-32(16)22-4-2-3-18-15-27-12-9-21(18)22)25(34)28-19-5-7-20(8-6-19)31-13-10-17(11-14-31)24(26)33/h2-9,12,15,17H,10-11,13-14H2,1H3,(H2,26,33)(H,28,34). The van der Waals surface area contributed by atoms with Crippen LogP contribution in [0.15, 0.2) is 60.9 Å². The van der Waals surface area contributed by atoms with Crippen LogP contribution in [0.25, 0.3) is 16.5 Å². The van der Waals surface area contributed by atoms with Crippen molar-refractivity contribution >= 4 is 34.0 Å². The highest BCUT2D eigenvalue weighted by Crippen LogP contribution is 2.25. The lowest BCUT2D eigenvalue weighted by Gasteiger charge is -2.32. The first kappa shape index (κ1) is 21.6. The predicted octanol–water partition coefficient (Wildman–Crippen LogP) is 3.08. The third-order valence-electron chi connectivity index (χ3n) is 6.38. The summed E-state index contributed by atoms with van der Waals surface area (Å²) in [4.78, 5) is 30.7. The van der Waals surface area contributed by atoms with E-state index in [1.807, 2.05) is 55.5 Å². The monoisotopic (exact) mass is 455 g/mol. The molecule has 0 unspecified atom stereocenters. The van der Waals surface area contributed by atoms with Crippen LogP contribution in [0.2, 0.25) is 0 Å². The number of carbonyl (C=O) groups excluding carboxylic acids is 2. The molecule has 1 saturated heterocycles. The molecule has 172 valence electrons. The van der Waals surface area contributed by atoms with Crippen molar-refractivity contribution in [3.8, 4) is 5.69 Å². The second kappa shape index (κ2) is 8.93. The lowest BCUT2D eigenvalue weighted by molar-refractivity contribution is -0.122. The Kier molecular flexibility index (Phi) is 5.67. The number of piperidine rings is 1. The van der Waals surface area contributed by atoms with Gasteiger partial charge in [0.25, 0.3) is 5.91 Å². The average molecular weight is 456 g/mol. The summed E-state index contributed by atoms with van der Waals surface area (Å²) < 4.78 is 1.68. The van der Waals surface area contributed by atoms with Gasteiger partial charge >= 0.3 is 0 Å². The van der Waals surface area contributed by atoms with E-state index in [0.717, 1.165) is 48.1 Å². The van der Waals surface area contributed by atoms with Crippen molar-refractivity contribution in [2.75, 3.05) is 23.3 Å². The van der Waals surface area contributed by atoms with Gasteiger partial charge in [-0.05, 0) is 56.2 Å². The summed E-state index contributed by atoms with van der Waals surface area (Å²) in [6.07, 6.45) is 5.05. The van der Waals surface area contributed by atoms with E-state index >= 15 is 0 Å². The van der Waals surface area contributed by atoms with Crippen molar-refractivity contribution < 1.29 is 9.59 Å². The molecule has 2 aromatic heterocycles. The molecule has 9 nitrogen and oxygen atoms in total. The number of fused-ring (bicyclic) bond motifs is 1. The molecular weight excluding hydrogens is 430 g/mol. The van der Waals surface area contributed by atoms with Crippen molar-refractivity contribution in [3.05, 3.63) is 72.3 Å². The molecule has 0 spiro atoms. The van der Waals surface area contributed by atoms with E-state index in [9.17, 15) is 9.59 Å². The number of hydrogen-bond acceptors (Lipinski definition) is 6. The Morgan fingerprint density at radius 1 is 1.06 bits per heavy atom. The Morgan fingerprint density at radius 2 is 1.82 bits per heavy atom. The minimum absolute atomic E-state index is 0.0444. The van der Waals surface area contributed by atoms with Gasteiger partial charge in [0.2, 0.25) is 5.91 Å². The molecule has 5 rings (SSSR count). The quantitative estimate of drug-likeness (QED) is 0.477. The van der Waals surface area contributed by atoms with E-state index in [1.165, 1.54) is 0 Å². The van der Waals surface area contributed by atoms with Crippen LogP contribution in [-0.2, 0) is 4.79 Å². The number of nitrogens with two attached hydrogens (primary N) is 1. The molecule has 4 aromatic rings. The molecule has 34 heavy (non-hydrogen) atoms. The zero-order chi connectivity index (χ0) is 23.7. The largest absolute Gasteiger partial charge is 0.371 e. The first-order valence-electron chi connectivity index (χ1n) is 11.2. The highest BCUT2D eigenvalue weighted by Gasteiger charge is 2.23. The van der Waals surface area contributed by atoms with E-state index < -0.39 is 0 Å². The van der Waals surface area contributed by atoms with Crippen LogP contribution >= 0.6 is 0 Å². The number of rotatable bonds is 5. The molecule has 0 atom stereocenters. The minimum atomic E-state index is -0.319. The highest BCUT2D eigenvalue weighted by atomic mass is 16.2. The van der Waals surface area contributed by atoms with Gasteiger partial charge in [-0.15, -0.1) is 5.10 Å². The van der Waals surface area contributed by atoms with E-state index in [1.54, 1.807) is 17.1 Å². The number of hydrogen-bond donors (Lipinski definition) is 2. The smallest absolute Gasteiger partial charge is 0.278 e. The minimum Gasteiger partial charge on any atom is -0.371 e. The lowest BCUT2D eigenvalue weighted by Crippen LogP contribution is -2.38. The van der Waals surface area contributed by atoms with Gasteiger partial charge in [0.15, 0.2) is 5.69 Å². The number of pyridine rings is 1. The van der Waals surface area contributed by atoms with Gasteiger partial charge < -0.3 is 16.0 Å². The number of amides is 2. The molecule has 3 N–H and O–H groups in total. The summed E-state index contributed by atoms with van der Waals surface area (Å²) in [5, 5.41) is 13.3. The Bertz CT molecular complexity index is 1350. The van der Waals surface area contributed by atoms with Crippen LogP contribution < -0.4 is 16.0 Å². The van der Waals surface area contributed by atoms with Gasteiger partial charge in [0.1, 0.15) is 0 Å². The van der Waals surface area contributed by atoms with Crippen molar-refractivity contribution in [1.29, 1.82) is 0 Å². The molecule has 0 bridgehead atoms. The molecule has 1 fully saturated rings. The van der Waals surface area contributed by atoms with Crippen molar-refractivity contribution in [2.24, 2.45) is 11.7 Å². The van der Waals surface area contributed by atoms with Crippen LogP contribution in [0.4, 0.5) is 11.4 Å². The van der Waals surface area contributed by atoms with Gasteiger partial charge in [-0.1, -0.05) is 17.3 Å². The maximum atomic E-state index is 12.9. The summed E-state index contributed by atoms with van der Waals surface area (Å²) in [5.41, 5.74) is 8.90. The number of aromatic nitrogens is 4. The predicted molar refractivity (Wildman–Crippen MR) is 130 cm³/mol. The first-order chi connectivity index (χ1) is 16.5. The molecule has 9 heteroatoms. The first-order valence-corrected chi connectivity index (χ1v) is 11.2. The highest BCUT2D eigenvalue weighted by molar-refractivity contribution is 6.03. The molecule has 0 radical (unpaired) electrons. The Labute approximate surface area is 196 Å². The zero-order valence-electron chi connectivity index (χ0n) is 18.8. The van der Waals surface area contributed by atoms with E-state index in [0.29, 0.717) is 11.4 Å². The Balaban J connectivity index is 1.30. The zero-order valence-corrected chi connectivity index (χ0v) is 18.8. The molecular formula is C25H25N7O2. The van der Waals surface area contributed by atoms with E-state index in [4.69, 9.17) is 5.73 Å². The van der Waals surface area contributed by atoms with Crippen LogP contribution in [-0.4, -0.2) is 44.9 Å². The topological polar surface area (TPSA) is 119 Å². The van der Waals surface area contributed by atoms with Gasteiger partial charge in [-0.25, -0.2) is 4.68 Å². The molecule has 1 aliphatic heterocycles. The van der Waals surface area contributed by atoms with E-state index in [-0.39, 0.29) is 23.4 Å². The summed E-state index contributed by atoms with van der Waals surface area (Å²) in [6, 6.07) is 15.4. The van der Waals surface area contributed by atoms with Crippen molar-refractivity contribution in [3.63, 3.8) is 0 Å². The fourth-order valence-corrected chi connectivity index (χ4v) is 4.43. The molecule has 0 aliphatic carbocycles. The van der Waals surface area contributed by atoms with Crippen LogP contribution in [0.1, 0.15) is 29.0 Å². The average Bonchev–Trinajstić information content (AvgIpc) is 3.25. The summed E-state index contributed by atoms with van der Waals surface area (Å²) in [5.74, 6) is -0.583. The number of benzene rings is 2. The number of primary amides is 1. The Hall–Kier alpha value is -4.27. The second-order valence-corrected chi connectivity index (χ2v) is 8.47. The number of nitrogens with zero attached hydrogens (tertiary/aromatic N) is 5. The summed E-state index contributed by atoms with van der Waals surface area (Å²) in [6.45, 7) is 3.39. The van der Waals surface area contributed by atoms with Crippen LogP contribution in [0.5, 0.6) is 0 Å². The van der Waals surface area contributed by atoms with Crippen molar-refractivity contribution in [2.45, 2.75) is 19.8 Å². The lowest BCUT2D eigenvalue weighted by atomic mass is 9.96. The Morgan fingerprint density at radius 3 is 2.56 bits per heavy atom. The van der Waals surface area contributed by atoms with Gasteiger partial charge in [0.05, 0.1) is 11.4 Å². The third kappa shape index (κ3) is 4.07. The second-order valence-electron chi connectivity index (χ2n) is 8.47. The number of carbonyl (C=O) groups is 2. The van der Waals surface area contributed by atoms with E-state index in [2.05, 4.69) is 25.5 Å². The summed E-state index contributed by atoms with van der Waals surface area (Å²) in [7, 11) is 0. The molecule has 2 aromatic carbocycles. The van der Waals surface area contributed by atoms with Crippen molar-refractivity contribution in [1.82, 2.24) is 20.0 Å². The normalized spacial score (nSPS) is 14.3. The van der Waals surface area contributed by atoms with Gasteiger partial charge in [0, 0.05) is 53.5 Å². The maximum Gasteiger partial charge on any atom is 0.278 e. The molecule has 2 amide bonds. The maximum absolute atomic E-state index is 12.9. The number of anilines is 2. The summed E-state index contributed by atoms with van der Waals surface area (Å²) >= 11 is 0.